The maximum absolute atomic E-state index is 9.35. The maximum Gasteiger partial charge on any atom is 0.115 e. The fourth-order valence-electron chi connectivity index (χ4n) is 1.89. The molecule has 2 aromatic rings. The van der Waals surface area contributed by atoms with Gasteiger partial charge in [0, 0.05) is 5.69 Å². The topological polar surface area (TPSA) is 46.2 Å². The fourth-order valence-corrected chi connectivity index (χ4v) is 1.89. The van der Waals surface area contributed by atoms with Crippen molar-refractivity contribution >= 4 is 5.69 Å². The molecule has 2 aromatic carbocycles. The first-order chi connectivity index (χ1) is 8.24. The Hall–Kier alpha value is -1.96. The molecule has 2 rings (SSSR count). The zero-order valence-corrected chi connectivity index (χ0v) is 9.76. The molecule has 0 amide bonds. The summed E-state index contributed by atoms with van der Waals surface area (Å²) in [5.41, 5.74) is 8.93. The average Bonchev–Trinajstić information content (AvgIpc) is 2.32. The summed E-state index contributed by atoms with van der Waals surface area (Å²) in [6.45, 7) is 0. The van der Waals surface area contributed by atoms with E-state index in [0.29, 0.717) is 5.75 Å². The first-order valence-electron chi connectivity index (χ1n) is 5.86. The second kappa shape index (κ2) is 5.39. The highest BCUT2D eigenvalue weighted by Gasteiger charge is 1.97. The van der Waals surface area contributed by atoms with E-state index >= 15 is 0 Å². The van der Waals surface area contributed by atoms with Gasteiger partial charge in [0.05, 0.1) is 0 Å². The molecule has 0 saturated heterocycles. The molecule has 0 fully saturated rings. The Kier molecular flexibility index (Phi) is 3.66. The van der Waals surface area contributed by atoms with Gasteiger partial charge in [0.25, 0.3) is 0 Å². The van der Waals surface area contributed by atoms with Crippen LogP contribution in [0.5, 0.6) is 5.75 Å². The van der Waals surface area contributed by atoms with Crippen molar-refractivity contribution in [1.82, 2.24) is 0 Å². The van der Waals surface area contributed by atoms with E-state index in [2.05, 4.69) is 12.1 Å². The molecule has 0 aliphatic carbocycles. The van der Waals surface area contributed by atoms with E-state index in [1.807, 2.05) is 30.3 Å². The van der Waals surface area contributed by atoms with Gasteiger partial charge in [-0.15, -0.1) is 0 Å². The Bertz CT molecular complexity index is 477. The van der Waals surface area contributed by atoms with Gasteiger partial charge in [0.15, 0.2) is 0 Å². The summed E-state index contributed by atoms with van der Waals surface area (Å²) >= 11 is 0. The third-order valence-corrected chi connectivity index (χ3v) is 2.82. The lowest BCUT2D eigenvalue weighted by Crippen LogP contribution is -1.91. The molecule has 0 radical (unpaired) electrons. The molecule has 2 heteroatoms. The van der Waals surface area contributed by atoms with E-state index in [0.717, 1.165) is 24.9 Å². The molecule has 0 aliphatic rings. The minimum atomic E-state index is 0.343. The predicted molar refractivity (Wildman–Crippen MR) is 71.0 cm³/mol. The van der Waals surface area contributed by atoms with Gasteiger partial charge < -0.3 is 10.8 Å². The van der Waals surface area contributed by atoms with E-state index in [4.69, 9.17) is 5.73 Å². The third-order valence-electron chi connectivity index (χ3n) is 2.82. The molecule has 0 heterocycles. The molecule has 0 unspecified atom stereocenters. The fraction of sp³-hybridized carbons (Fsp3) is 0.200. The highest BCUT2D eigenvalue weighted by molar-refractivity contribution is 5.39. The van der Waals surface area contributed by atoms with E-state index in [9.17, 15) is 5.11 Å². The Labute approximate surface area is 102 Å². The predicted octanol–water partition coefficient (Wildman–Crippen LogP) is 3.15. The first-order valence-corrected chi connectivity index (χ1v) is 5.86. The Morgan fingerprint density at radius 3 is 2.29 bits per heavy atom. The van der Waals surface area contributed by atoms with Gasteiger partial charge in [-0.2, -0.15) is 0 Å². The Balaban J connectivity index is 1.85. The summed E-state index contributed by atoms with van der Waals surface area (Å²) in [6, 6.07) is 15.5. The number of anilines is 1. The van der Waals surface area contributed by atoms with Crippen LogP contribution in [0.3, 0.4) is 0 Å². The van der Waals surface area contributed by atoms with Crippen molar-refractivity contribution in [2.75, 3.05) is 5.73 Å². The normalized spacial score (nSPS) is 10.4. The average molecular weight is 227 g/mol. The van der Waals surface area contributed by atoms with Crippen LogP contribution in [0.4, 0.5) is 5.69 Å². The van der Waals surface area contributed by atoms with Gasteiger partial charge in [-0.25, -0.2) is 0 Å². The minimum absolute atomic E-state index is 0.343. The smallest absolute Gasteiger partial charge is 0.115 e. The van der Waals surface area contributed by atoms with Crippen molar-refractivity contribution in [3.8, 4) is 5.75 Å². The van der Waals surface area contributed by atoms with Gasteiger partial charge in [-0.05, 0) is 54.7 Å². The molecule has 17 heavy (non-hydrogen) atoms. The van der Waals surface area contributed by atoms with E-state index in [1.165, 1.54) is 11.1 Å². The van der Waals surface area contributed by atoms with E-state index < -0.39 is 0 Å². The second-order valence-corrected chi connectivity index (χ2v) is 4.27. The van der Waals surface area contributed by atoms with Crippen molar-refractivity contribution in [2.24, 2.45) is 0 Å². The highest BCUT2D eigenvalue weighted by Crippen LogP contribution is 2.14. The summed E-state index contributed by atoms with van der Waals surface area (Å²) in [5.74, 6) is 0.343. The quantitative estimate of drug-likeness (QED) is 0.788. The molecule has 0 saturated carbocycles. The number of aryl methyl sites for hydroxylation is 2. The zero-order valence-electron chi connectivity index (χ0n) is 9.76. The first kappa shape index (κ1) is 11.5. The molecule has 88 valence electrons. The maximum atomic E-state index is 9.35. The van der Waals surface area contributed by atoms with Crippen LogP contribution in [0.1, 0.15) is 17.5 Å². The van der Waals surface area contributed by atoms with Crippen LogP contribution in [0.2, 0.25) is 0 Å². The van der Waals surface area contributed by atoms with Crippen molar-refractivity contribution in [1.29, 1.82) is 0 Å². The summed E-state index contributed by atoms with van der Waals surface area (Å²) < 4.78 is 0. The summed E-state index contributed by atoms with van der Waals surface area (Å²) in [4.78, 5) is 0. The summed E-state index contributed by atoms with van der Waals surface area (Å²) in [5, 5.41) is 9.35. The van der Waals surface area contributed by atoms with Crippen molar-refractivity contribution in [3.63, 3.8) is 0 Å². The van der Waals surface area contributed by atoms with E-state index in [1.54, 1.807) is 6.07 Å². The third kappa shape index (κ3) is 3.52. The molecular weight excluding hydrogens is 210 g/mol. The lowest BCUT2D eigenvalue weighted by molar-refractivity contribution is 0.474. The molecule has 0 spiro atoms. The summed E-state index contributed by atoms with van der Waals surface area (Å²) in [7, 11) is 0. The molecule has 3 N–H and O–H groups in total. The number of phenols is 1. The molecule has 0 atom stereocenters. The number of benzene rings is 2. The molecule has 0 aliphatic heterocycles. The molecule has 0 aromatic heterocycles. The molecule has 0 bridgehead atoms. The lowest BCUT2D eigenvalue weighted by Gasteiger charge is -2.03. The van der Waals surface area contributed by atoms with Crippen molar-refractivity contribution in [2.45, 2.75) is 19.3 Å². The van der Waals surface area contributed by atoms with Crippen molar-refractivity contribution in [3.05, 3.63) is 59.7 Å². The Morgan fingerprint density at radius 1 is 0.882 bits per heavy atom. The van der Waals surface area contributed by atoms with Crippen LogP contribution < -0.4 is 5.73 Å². The highest BCUT2D eigenvalue weighted by atomic mass is 16.3. The number of hydrogen-bond donors (Lipinski definition) is 2. The largest absolute Gasteiger partial charge is 0.508 e. The SMILES string of the molecule is Nc1ccc(CCCc2cccc(O)c2)cc1. The van der Waals surface area contributed by atoms with Crippen LogP contribution in [-0.2, 0) is 12.8 Å². The van der Waals surface area contributed by atoms with Gasteiger partial charge in [-0.3, -0.25) is 0 Å². The second-order valence-electron chi connectivity index (χ2n) is 4.27. The number of hydrogen-bond acceptors (Lipinski definition) is 2. The standard InChI is InChI=1S/C15H17NO/c16-14-9-7-12(8-10-14)3-1-4-13-5-2-6-15(17)11-13/h2,5-11,17H,1,3-4,16H2. The van der Waals surface area contributed by atoms with E-state index in [-0.39, 0.29) is 0 Å². The van der Waals surface area contributed by atoms with Crippen molar-refractivity contribution < 1.29 is 5.11 Å². The van der Waals surface area contributed by atoms with Crippen LogP contribution in [0.15, 0.2) is 48.5 Å². The van der Waals surface area contributed by atoms with Gasteiger partial charge >= 0.3 is 0 Å². The van der Waals surface area contributed by atoms with Gasteiger partial charge in [0.1, 0.15) is 5.75 Å². The number of phenolic OH excluding ortho intramolecular Hbond substituents is 1. The number of nitrogens with two attached hydrogens (primary N) is 1. The summed E-state index contributed by atoms with van der Waals surface area (Å²) in [6.07, 6.45) is 3.10. The zero-order chi connectivity index (χ0) is 12.1. The molecule has 2 nitrogen and oxygen atoms in total. The van der Waals surface area contributed by atoms with Gasteiger partial charge in [-0.1, -0.05) is 24.3 Å². The monoisotopic (exact) mass is 227 g/mol. The molecular formula is C15H17NO. The minimum Gasteiger partial charge on any atom is -0.508 e. The number of rotatable bonds is 4. The number of nitrogen functional groups attached to an aromatic ring is 1. The van der Waals surface area contributed by atoms with Crippen LogP contribution in [0.25, 0.3) is 0 Å². The van der Waals surface area contributed by atoms with Crippen LogP contribution in [-0.4, -0.2) is 5.11 Å². The lowest BCUT2D eigenvalue weighted by atomic mass is 10.0. The Morgan fingerprint density at radius 2 is 1.59 bits per heavy atom. The van der Waals surface area contributed by atoms with Crippen LogP contribution in [0, 0.1) is 0 Å². The van der Waals surface area contributed by atoms with Crippen LogP contribution >= 0.6 is 0 Å². The van der Waals surface area contributed by atoms with Gasteiger partial charge in [0.2, 0.25) is 0 Å². The number of aromatic hydroxyl groups is 1.